The first-order valence-corrected chi connectivity index (χ1v) is 8.66. The first-order chi connectivity index (χ1) is 10.1. The molecule has 2 rings (SSSR count). The average molecular weight is 436 g/mol. The third-order valence-corrected chi connectivity index (χ3v) is 4.85. The molecule has 1 N–H and O–H groups in total. The Morgan fingerprint density at radius 3 is 2.52 bits per heavy atom. The van der Waals surface area contributed by atoms with Crippen LogP contribution in [0.3, 0.4) is 0 Å². The van der Waals surface area contributed by atoms with Crippen molar-refractivity contribution in [3.8, 4) is 11.4 Å². The Hall–Kier alpha value is -0.590. The van der Waals surface area contributed by atoms with Crippen LogP contribution in [-0.2, 0) is 6.42 Å². The summed E-state index contributed by atoms with van der Waals surface area (Å²) in [7, 11) is 0. The Balaban J connectivity index is 2.49. The number of aromatic nitrogens is 2. The molecule has 112 valence electrons. The molecule has 0 unspecified atom stereocenters. The van der Waals surface area contributed by atoms with E-state index in [0.717, 1.165) is 40.0 Å². The molecular formula is C15H16Cl2IN3. The minimum absolute atomic E-state index is 0.512. The smallest absolute Gasteiger partial charge is 0.161 e. The summed E-state index contributed by atoms with van der Waals surface area (Å²) in [5.74, 6) is 1.55. The molecule has 0 radical (unpaired) electrons. The zero-order valence-corrected chi connectivity index (χ0v) is 15.6. The first-order valence-electron chi connectivity index (χ1n) is 6.82. The number of benzene rings is 1. The Morgan fingerprint density at radius 1 is 1.14 bits per heavy atom. The van der Waals surface area contributed by atoms with Crippen LogP contribution in [0.4, 0.5) is 5.82 Å². The zero-order valence-electron chi connectivity index (χ0n) is 11.9. The lowest BCUT2D eigenvalue weighted by atomic mass is 10.2. The second kappa shape index (κ2) is 7.61. The van der Waals surface area contributed by atoms with Crippen LogP contribution in [0.25, 0.3) is 11.4 Å². The van der Waals surface area contributed by atoms with Gasteiger partial charge in [-0.1, -0.05) is 37.0 Å². The van der Waals surface area contributed by atoms with Crippen LogP contribution in [0, 0.1) is 3.57 Å². The van der Waals surface area contributed by atoms with Gasteiger partial charge < -0.3 is 5.32 Å². The van der Waals surface area contributed by atoms with Crippen molar-refractivity contribution in [3.63, 3.8) is 0 Å². The number of nitrogens with one attached hydrogen (secondary N) is 1. The lowest BCUT2D eigenvalue weighted by Crippen LogP contribution is -2.08. The van der Waals surface area contributed by atoms with Crippen molar-refractivity contribution < 1.29 is 0 Å². The van der Waals surface area contributed by atoms with Crippen LogP contribution in [-0.4, -0.2) is 16.5 Å². The van der Waals surface area contributed by atoms with E-state index in [0.29, 0.717) is 15.9 Å². The minimum Gasteiger partial charge on any atom is -0.369 e. The summed E-state index contributed by atoms with van der Waals surface area (Å²) in [6, 6.07) is 5.46. The highest BCUT2D eigenvalue weighted by molar-refractivity contribution is 14.1. The van der Waals surface area contributed by atoms with Crippen molar-refractivity contribution in [2.75, 3.05) is 11.9 Å². The number of rotatable bonds is 5. The van der Waals surface area contributed by atoms with E-state index in [-0.39, 0.29) is 0 Å². The molecule has 0 saturated carbocycles. The summed E-state index contributed by atoms with van der Waals surface area (Å²) >= 11 is 14.3. The van der Waals surface area contributed by atoms with Crippen LogP contribution < -0.4 is 5.32 Å². The van der Waals surface area contributed by atoms with Gasteiger partial charge in [0.1, 0.15) is 5.82 Å². The highest BCUT2D eigenvalue weighted by atomic mass is 127. The molecule has 0 saturated heterocycles. The van der Waals surface area contributed by atoms with Gasteiger partial charge in [0.25, 0.3) is 0 Å². The quantitative estimate of drug-likeness (QED) is 0.635. The van der Waals surface area contributed by atoms with Crippen LogP contribution in [0.1, 0.15) is 26.0 Å². The molecule has 2 aromatic rings. The van der Waals surface area contributed by atoms with Gasteiger partial charge in [0.05, 0.1) is 19.3 Å². The maximum Gasteiger partial charge on any atom is 0.161 e. The van der Waals surface area contributed by atoms with E-state index in [9.17, 15) is 0 Å². The number of halogens is 3. The SMILES string of the molecule is CCCNc1nc(-c2ccc(Cl)c(Cl)c2)nc(CC)c1I. The van der Waals surface area contributed by atoms with Gasteiger partial charge in [0.15, 0.2) is 5.82 Å². The molecule has 21 heavy (non-hydrogen) atoms. The Labute approximate surface area is 148 Å². The normalized spacial score (nSPS) is 10.7. The standard InChI is InChI=1S/C15H16Cl2IN3/c1-3-7-19-15-13(18)12(4-2)20-14(21-15)9-5-6-10(16)11(17)8-9/h5-6,8H,3-4,7H2,1-2H3,(H,19,20,21). The Morgan fingerprint density at radius 2 is 1.90 bits per heavy atom. The Bertz CT molecular complexity index is 647. The fourth-order valence-corrected chi connectivity index (χ4v) is 2.96. The summed E-state index contributed by atoms with van der Waals surface area (Å²) in [4.78, 5) is 9.27. The fourth-order valence-electron chi connectivity index (χ4n) is 1.85. The van der Waals surface area contributed by atoms with Gasteiger partial charge >= 0.3 is 0 Å². The molecule has 1 heterocycles. The van der Waals surface area contributed by atoms with Crippen molar-refractivity contribution in [1.82, 2.24) is 9.97 Å². The monoisotopic (exact) mass is 435 g/mol. The van der Waals surface area contributed by atoms with Crippen molar-refractivity contribution >= 4 is 51.6 Å². The molecule has 3 nitrogen and oxygen atoms in total. The van der Waals surface area contributed by atoms with Crippen LogP contribution in [0.15, 0.2) is 18.2 Å². The number of anilines is 1. The molecule has 0 aliphatic carbocycles. The van der Waals surface area contributed by atoms with E-state index in [2.05, 4.69) is 51.7 Å². The second-order valence-corrected chi connectivity index (χ2v) is 6.46. The lowest BCUT2D eigenvalue weighted by molar-refractivity contribution is 0.943. The molecule has 0 atom stereocenters. The fraction of sp³-hybridized carbons (Fsp3) is 0.333. The number of hydrogen-bond donors (Lipinski definition) is 1. The van der Waals surface area contributed by atoms with Gasteiger partial charge in [-0.25, -0.2) is 9.97 Å². The first kappa shape index (κ1) is 16.8. The van der Waals surface area contributed by atoms with Gasteiger partial charge in [-0.05, 0) is 53.6 Å². The van der Waals surface area contributed by atoms with Gasteiger partial charge in [-0.2, -0.15) is 0 Å². The summed E-state index contributed by atoms with van der Waals surface area (Å²) < 4.78 is 1.08. The number of hydrogen-bond acceptors (Lipinski definition) is 3. The van der Waals surface area contributed by atoms with Gasteiger partial charge in [-0.3, -0.25) is 0 Å². The highest BCUT2D eigenvalue weighted by Crippen LogP contribution is 2.29. The predicted octanol–water partition coefficient (Wildman–Crippen LogP) is 5.44. The Kier molecular flexibility index (Phi) is 6.08. The van der Waals surface area contributed by atoms with Crippen LogP contribution in [0.5, 0.6) is 0 Å². The van der Waals surface area contributed by atoms with Crippen molar-refractivity contribution in [3.05, 3.63) is 37.5 Å². The molecule has 0 amide bonds. The molecule has 1 aromatic carbocycles. The summed E-state index contributed by atoms with van der Waals surface area (Å²) in [5, 5.41) is 4.40. The number of nitrogens with zero attached hydrogens (tertiary/aromatic N) is 2. The van der Waals surface area contributed by atoms with E-state index in [1.165, 1.54) is 0 Å². The summed E-state index contributed by atoms with van der Waals surface area (Å²) in [6.45, 7) is 5.10. The van der Waals surface area contributed by atoms with E-state index in [4.69, 9.17) is 23.2 Å². The summed E-state index contributed by atoms with van der Waals surface area (Å²) in [5.41, 5.74) is 1.90. The topological polar surface area (TPSA) is 37.8 Å². The molecule has 6 heteroatoms. The van der Waals surface area contributed by atoms with E-state index < -0.39 is 0 Å². The van der Waals surface area contributed by atoms with Crippen molar-refractivity contribution in [2.45, 2.75) is 26.7 Å². The average Bonchev–Trinajstić information content (AvgIpc) is 2.49. The predicted molar refractivity (Wildman–Crippen MR) is 98.4 cm³/mol. The zero-order chi connectivity index (χ0) is 15.4. The van der Waals surface area contributed by atoms with Gasteiger partial charge in [0.2, 0.25) is 0 Å². The highest BCUT2D eigenvalue weighted by Gasteiger charge is 2.13. The molecule has 0 aliphatic heterocycles. The summed E-state index contributed by atoms with van der Waals surface area (Å²) in [6.07, 6.45) is 1.90. The third kappa shape index (κ3) is 3.99. The second-order valence-electron chi connectivity index (χ2n) is 4.57. The molecule has 0 spiro atoms. The van der Waals surface area contributed by atoms with Crippen LogP contribution >= 0.6 is 45.8 Å². The molecule has 0 fully saturated rings. The lowest BCUT2D eigenvalue weighted by Gasteiger charge is -2.12. The minimum atomic E-state index is 0.512. The third-order valence-electron chi connectivity index (χ3n) is 2.97. The van der Waals surface area contributed by atoms with Crippen molar-refractivity contribution in [1.29, 1.82) is 0 Å². The van der Waals surface area contributed by atoms with Gasteiger partial charge in [-0.15, -0.1) is 0 Å². The molecular weight excluding hydrogens is 420 g/mol. The van der Waals surface area contributed by atoms with E-state index in [1.54, 1.807) is 12.1 Å². The van der Waals surface area contributed by atoms with E-state index in [1.807, 2.05) is 6.07 Å². The van der Waals surface area contributed by atoms with E-state index >= 15 is 0 Å². The largest absolute Gasteiger partial charge is 0.369 e. The molecule has 0 aliphatic rings. The molecule has 1 aromatic heterocycles. The van der Waals surface area contributed by atoms with Crippen LogP contribution in [0.2, 0.25) is 10.0 Å². The maximum atomic E-state index is 6.09. The van der Waals surface area contributed by atoms with Crippen molar-refractivity contribution in [2.24, 2.45) is 0 Å². The number of aryl methyl sites for hydroxylation is 1. The maximum absolute atomic E-state index is 6.09. The molecule has 0 bridgehead atoms. The van der Waals surface area contributed by atoms with Gasteiger partial charge in [0, 0.05) is 12.1 Å².